The Morgan fingerprint density at radius 1 is 1.04 bits per heavy atom. The Bertz CT molecular complexity index is 948. The number of carbonyl (C=O) groups is 2. The minimum Gasteiger partial charge on any atom is -0.481 e. The number of hydrogen-bond acceptors (Lipinski definition) is 3. The fourth-order valence-electron chi connectivity index (χ4n) is 2.51. The van der Waals surface area contributed by atoms with Crippen molar-refractivity contribution in [3.05, 3.63) is 77.8 Å². The summed E-state index contributed by atoms with van der Waals surface area (Å²) in [5.41, 5.74) is 1.89. The van der Waals surface area contributed by atoms with Crippen molar-refractivity contribution in [1.82, 2.24) is 0 Å². The number of halogens is 1. The molecule has 0 radical (unpaired) electrons. The Hall–Kier alpha value is -3.41. The summed E-state index contributed by atoms with van der Waals surface area (Å²) in [6, 6.07) is 16.0. The quantitative estimate of drug-likeness (QED) is 0.690. The van der Waals surface area contributed by atoms with Crippen molar-refractivity contribution in [1.29, 1.82) is 0 Å². The third kappa shape index (κ3) is 4.36. The maximum Gasteiger partial charge on any atom is 0.303 e. The first-order valence-corrected chi connectivity index (χ1v) is 7.99. The van der Waals surface area contributed by atoms with Crippen LogP contribution in [0.15, 0.2) is 65.1 Å². The van der Waals surface area contributed by atoms with Crippen LogP contribution in [0, 0.1) is 5.82 Å². The van der Waals surface area contributed by atoms with E-state index in [4.69, 9.17) is 9.52 Å². The molecule has 1 aromatic heterocycles. The first-order chi connectivity index (χ1) is 12.5. The summed E-state index contributed by atoms with van der Waals surface area (Å²) >= 11 is 0. The zero-order valence-electron chi connectivity index (χ0n) is 13.7. The molecule has 0 fully saturated rings. The predicted octanol–water partition coefficient (Wildman–Crippen LogP) is 4.36. The number of amides is 1. The Balaban J connectivity index is 1.71. The third-order valence-electron chi connectivity index (χ3n) is 3.75. The predicted molar refractivity (Wildman–Crippen MR) is 94.5 cm³/mol. The minimum atomic E-state index is -0.875. The summed E-state index contributed by atoms with van der Waals surface area (Å²) in [6.07, 6.45) is 0.399. The lowest BCUT2D eigenvalue weighted by Gasteiger charge is -2.06. The lowest BCUT2D eigenvalue weighted by molar-refractivity contribution is -0.136. The lowest BCUT2D eigenvalue weighted by atomic mass is 10.1. The van der Waals surface area contributed by atoms with Gasteiger partial charge in [-0.2, -0.15) is 0 Å². The minimum absolute atomic E-state index is 0.0204. The molecule has 26 heavy (non-hydrogen) atoms. The standard InChI is InChI=1S/C20H16FNO4/c21-15-5-2-4-14(12-15)17-8-9-18(26-17)20(25)22-16-6-1-3-13(11-16)7-10-19(23)24/h1-6,8-9,11-12H,7,10H2,(H,22,25)(H,23,24). The van der Waals surface area contributed by atoms with Crippen LogP contribution in [0.5, 0.6) is 0 Å². The second kappa shape index (κ2) is 7.65. The van der Waals surface area contributed by atoms with Crippen LogP contribution in [0.4, 0.5) is 10.1 Å². The monoisotopic (exact) mass is 353 g/mol. The van der Waals surface area contributed by atoms with Gasteiger partial charge in [-0.25, -0.2) is 4.39 Å². The molecule has 0 unspecified atom stereocenters. The van der Waals surface area contributed by atoms with Gasteiger partial charge in [0.25, 0.3) is 5.91 Å². The molecular weight excluding hydrogens is 337 g/mol. The van der Waals surface area contributed by atoms with Crippen LogP contribution >= 0.6 is 0 Å². The molecule has 0 bridgehead atoms. The van der Waals surface area contributed by atoms with Gasteiger partial charge in [0.05, 0.1) is 0 Å². The van der Waals surface area contributed by atoms with E-state index in [-0.39, 0.29) is 18.0 Å². The largest absolute Gasteiger partial charge is 0.481 e. The summed E-state index contributed by atoms with van der Waals surface area (Å²) in [6.45, 7) is 0. The van der Waals surface area contributed by atoms with Crippen molar-refractivity contribution >= 4 is 17.6 Å². The number of benzene rings is 2. The second-order valence-electron chi connectivity index (χ2n) is 5.72. The molecule has 0 saturated heterocycles. The number of hydrogen-bond donors (Lipinski definition) is 2. The van der Waals surface area contributed by atoms with E-state index in [1.165, 1.54) is 18.2 Å². The first kappa shape index (κ1) is 17.4. The molecule has 2 aromatic carbocycles. The molecule has 132 valence electrons. The Morgan fingerprint density at radius 2 is 1.85 bits per heavy atom. The molecule has 0 aliphatic heterocycles. The van der Waals surface area contributed by atoms with Crippen molar-refractivity contribution < 1.29 is 23.5 Å². The Morgan fingerprint density at radius 3 is 2.62 bits per heavy atom. The van der Waals surface area contributed by atoms with Gasteiger partial charge in [0.15, 0.2) is 5.76 Å². The molecule has 3 aromatic rings. The van der Waals surface area contributed by atoms with Gasteiger partial charge in [0, 0.05) is 17.7 Å². The molecular formula is C20H16FNO4. The fourth-order valence-corrected chi connectivity index (χ4v) is 2.51. The van der Waals surface area contributed by atoms with E-state index in [2.05, 4.69) is 5.32 Å². The number of aryl methyl sites for hydroxylation is 1. The van der Waals surface area contributed by atoms with Gasteiger partial charge < -0.3 is 14.8 Å². The van der Waals surface area contributed by atoms with E-state index in [1.54, 1.807) is 42.5 Å². The highest BCUT2D eigenvalue weighted by atomic mass is 19.1. The summed E-state index contributed by atoms with van der Waals surface area (Å²) in [4.78, 5) is 23.0. The number of nitrogens with one attached hydrogen (secondary N) is 1. The van der Waals surface area contributed by atoms with Crippen LogP contribution in [0.2, 0.25) is 0 Å². The SMILES string of the molecule is O=C(O)CCc1cccc(NC(=O)c2ccc(-c3cccc(F)c3)o2)c1. The zero-order chi connectivity index (χ0) is 18.5. The van der Waals surface area contributed by atoms with Crippen LogP contribution in [-0.2, 0) is 11.2 Å². The highest BCUT2D eigenvalue weighted by Crippen LogP contribution is 2.23. The van der Waals surface area contributed by atoms with Crippen molar-refractivity contribution in [3.63, 3.8) is 0 Å². The van der Waals surface area contributed by atoms with Crippen LogP contribution < -0.4 is 5.32 Å². The maximum absolute atomic E-state index is 13.3. The number of furan rings is 1. The van der Waals surface area contributed by atoms with E-state index >= 15 is 0 Å². The van der Waals surface area contributed by atoms with E-state index in [9.17, 15) is 14.0 Å². The molecule has 1 heterocycles. The average Bonchev–Trinajstić information content (AvgIpc) is 3.11. The highest BCUT2D eigenvalue weighted by Gasteiger charge is 2.13. The molecule has 0 aliphatic carbocycles. The van der Waals surface area contributed by atoms with Crippen molar-refractivity contribution in [2.75, 3.05) is 5.32 Å². The smallest absolute Gasteiger partial charge is 0.303 e. The summed E-state index contributed by atoms with van der Waals surface area (Å²) in [7, 11) is 0. The van der Waals surface area contributed by atoms with E-state index in [0.29, 0.717) is 23.4 Å². The molecule has 0 spiro atoms. The van der Waals surface area contributed by atoms with Crippen LogP contribution in [-0.4, -0.2) is 17.0 Å². The van der Waals surface area contributed by atoms with Crippen molar-refractivity contribution in [2.24, 2.45) is 0 Å². The van der Waals surface area contributed by atoms with Gasteiger partial charge in [-0.1, -0.05) is 24.3 Å². The topological polar surface area (TPSA) is 79.5 Å². The number of rotatable bonds is 6. The van der Waals surface area contributed by atoms with Crippen LogP contribution in [0.25, 0.3) is 11.3 Å². The molecule has 6 heteroatoms. The molecule has 2 N–H and O–H groups in total. The average molecular weight is 353 g/mol. The number of aliphatic carboxylic acids is 1. The molecule has 0 aliphatic rings. The van der Waals surface area contributed by atoms with Gasteiger partial charge in [-0.05, 0) is 48.4 Å². The molecule has 3 rings (SSSR count). The summed E-state index contributed by atoms with van der Waals surface area (Å²) < 4.78 is 18.8. The number of carbonyl (C=O) groups excluding carboxylic acids is 1. The molecule has 5 nitrogen and oxygen atoms in total. The van der Waals surface area contributed by atoms with Gasteiger partial charge in [0.1, 0.15) is 11.6 Å². The van der Waals surface area contributed by atoms with Crippen molar-refractivity contribution in [3.8, 4) is 11.3 Å². The van der Waals surface area contributed by atoms with Gasteiger partial charge in [-0.3, -0.25) is 9.59 Å². The summed E-state index contributed by atoms with van der Waals surface area (Å²) in [5, 5.41) is 11.5. The number of carboxylic acids is 1. The van der Waals surface area contributed by atoms with E-state index in [0.717, 1.165) is 5.56 Å². The third-order valence-corrected chi connectivity index (χ3v) is 3.75. The Labute approximate surface area is 149 Å². The van der Waals surface area contributed by atoms with Crippen molar-refractivity contribution in [2.45, 2.75) is 12.8 Å². The second-order valence-corrected chi connectivity index (χ2v) is 5.72. The normalized spacial score (nSPS) is 10.5. The zero-order valence-corrected chi connectivity index (χ0v) is 13.7. The molecule has 0 atom stereocenters. The van der Waals surface area contributed by atoms with Crippen LogP contribution in [0.1, 0.15) is 22.5 Å². The highest BCUT2D eigenvalue weighted by molar-refractivity contribution is 6.02. The number of carboxylic acid groups (broad SMARTS) is 1. The number of anilines is 1. The molecule has 1 amide bonds. The van der Waals surface area contributed by atoms with Gasteiger partial charge in [0.2, 0.25) is 0 Å². The maximum atomic E-state index is 13.3. The fraction of sp³-hybridized carbons (Fsp3) is 0.100. The first-order valence-electron chi connectivity index (χ1n) is 7.99. The molecule has 0 saturated carbocycles. The van der Waals surface area contributed by atoms with Crippen LogP contribution in [0.3, 0.4) is 0 Å². The van der Waals surface area contributed by atoms with Gasteiger partial charge in [-0.15, -0.1) is 0 Å². The van der Waals surface area contributed by atoms with E-state index < -0.39 is 11.9 Å². The Kier molecular flexibility index (Phi) is 5.12. The van der Waals surface area contributed by atoms with E-state index in [1.807, 2.05) is 0 Å². The van der Waals surface area contributed by atoms with Gasteiger partial charge >= 0.3 is 5.97 Å². The summed E-state index contributed by atoms with van der Waals surface area (Å²) in [5.74, 6) is -1.21. The lowest BCUT2D eigenvalue weighted by Crippen LogP contribution is -2.11.